The topological polar surface area (TPSA) is 0 Å². The molecule has 103 heavy (non-hydrogen) atoms. The molecular weight excluding hydrogens is 1280 g/mol. The number of unbranched alkanes of at least 4 members (excludes halogenated alkanes) is 88. The van der Waals surface area contributed by atoms with E-state index in [-0.39, 0.29) is 0 Å². The Balaban J connectivity index is 3.82. The first kappa shape index (κ1) is 104. The molecule has 0 saturated heterocycles. The predicted molar refractivity (Wildman–Crippen MR) is 485 cm³/mol. The average Bonchev–Trinajstić information content (AvgIpc) is 3.59. The van der Waals surface area contributed by atoms with E-state index in [9.17, 15) is 0 Å². The van der Waals surface area contributed by atoms with Crippen LogP contribution in [0.3, 0.4) is 0 Å². The summed E-state index contributed by atoms with van der Waals surface area (Å²) in [6.45, 7) is 6.97. The lowest BCUT2D eigenvalue weighted by molar-refractivity contribution is 0.509. The molecule has 1 unspecified atom stereocenters. The second-order valence-corrected chi connectivity index (χ2v) is 37.8. The van der Waals surface area contributed by atoms with Gasteiger partial charge in [-0.1, -0.05) is 592 Å². The summed E-state index contributed by atoms with van der Waals surface area (Å²) in [4.78, 5) is 0. The molecular formula is C101H204S2. The maximum atomic E-state index is 2.40. The van der Waals surface area contributed by atoms with Crippen molar-refractivity contribution in [2.24, 2.45) is 0 Å². The van der Waals surface area contributed by atoms with Crippen LogP contribution in [0.2, 0.25) is 0 Å². The van der Waals surface area contributed by atoms with Gasteiger partial charge in [0.2, 0.25) is 0 Å². The third-order valence-electron chi connectivity index (χ3n) is 24.4. The van der Waals surface area contributed by atoms with Gasteiger partial charge in [-0.05, 0) is 49.4 Å². The van der Waals surface area contributed by atoms with Gasteiger partial charge >= 0.3 is 0 Å². The van der Waals surface area contributed by atoms with Crippen molar-refractivity contribution in [2.75, 3.05) is 17.3 Å². The van der Waals surface area contributed by atoms with Gasteiger partial charge in [0.25, 0.3) is 0 Å². The van der Waals surface area contributed by atoms with Gasteiger partial charge in [-0.2, -0.15) is 23.5 Å². The highest BCUT2D eigenvalue weighted by Gasteiger charge is 2.10. The Morgan fingerprint density at radius 2 is 0.223 bits per heavy atom. The molecule has 0 aliphatic rings. The Kier molecular flexibility index (Phi) is 101. The molecule has 0 bridgehead atoms. The van der Waals surface area contributed by atoms with Crippen LogP contribution in [-0.4, -0.2) is 22.5 Å². The van der Waals surface area contributed by atoms with Gasteiger partial charge in [-0.3, -0.25) is 0 Å². The predicted octanol–water partition coefficient (Wildman–Crippen LogP) is 39.6. The van der Waals surface area contributed by atoms with Gasteiger partial charge < -0.3 is 0 Å². The maximum Gasteiger partial charge on any atom is 0.00470 e. The third-order valence-corrected chi connectivity index (χ3v) is 27.1. The summed E-state index contributed by atoms with van der Waals surface area (Å²) in [5.74, 6) is 4.26. The molecule has 620 valence electrons. The highest BCUT2D eigenvalue weighted by atomic mass is 32.2. The smallest absolute Gasteiger partial charge is 0.00470 e. The molecule has 0 spiro atoms. The molecule has 0 fully saturated rings. The molecule has 0 saturated carbocycles. The zero-order valence-corrected chi connectivity index (χ0v) is 74.6. The van der Waals surface area contributed by atoms with E-state index in [4.69, 9.17) is 0 Å². The Hall–Kier alpha value is 0.700. The van der Waals surface area contributed by atoms with E-state index in [1.165, 1.54) is 621 Å². The fourth-order valence-corrected chi connectivity index (χ4v) is 19.4. The zero-order valence-electron chi connectivity index (χ0n) is 73.0. The molecule has 2 heteroatoms. The van der Waals surface area contributed by atoms with Crippen molar-refractivity contribution in [3.8, 4) is 0 Å². The Morgan fingerprint density at radius 1 is 0.117 bits per heavy atom. The molecule has 0 nitrogen and oxygen atoms in total. The van der Waals surface area contributed by atoms with Gasteiger partial charge in [0.1, 0.15) is 0 Å². The zero-order chi connectivity index (χ0) is 73.6. The summed E-state index contributed by atoms with van der Waals surface area (Å²) < 4.78 is 0. The van der Waals surface area contributed by atoms with Crippen LogP contribution in [0.1, 0.15) is 624 Å². The minimum absolute atomic E-state index is 0.941. The first-order valence-corrected chi connectivity index (χ1v) is 52.7. The van der Waals surface area contributed by atoms with Crippen LogP contribution < -0.4 is 0 Å². The molecule has 0 heterocycles. The van der Waals surface area contributed by atoms with Crippen LogP contribution in [0.4, 0.5) is 0 Å². The normalized spacial score (nSPS) is 12.1. The highest BCUT2D eigenvalue weighted by molar-refractivity contribution is 7.99. The fraction of sp³-hybridized carbons (Fsp3) is 1.00. The molecule has 0 aromatic heterocycles. The number of hydrogen-bond donors (Lipinski definition) is 0. The SMILES string of the molecule is CCCCCCCCCCCCCCCCCCCCCCCCCCCC(CCCCCCCCCCCCCCCCCCCCCCCCCCCCSCCCCCCCCCCCCCCCCCCCCCC)SCCCCCCCCCCCCCCCCCCCCCCC. The molecule has 0 rings (SSSR count). The molecule has 0 N–H and O–H groups in total. The van der Waals surface area contributed by atoms with Crippen LogP contribution in [0.15, 0.2) is 0 Å². The molecule has 1 atom stereocenters. The fourth-order valence-electron chi connectivity index (χ4n) is 17.0. The van der Waals surface area contributed by atoms with E-state index in [2.05, 4.69) is 44.3 Å². The van der Waals surface area contributed by atoms with Crippen LogP contribution in [0, 0.1) is 0 Å². The van der Waals surface area contributed by atoms with Gasteiger partial charge in [-0.25, -0.2) is 0 Å². The minimum atomic E-state index is 0.941. The van der Waals surface area contributed by atoms with E-state index in [0.29, 0.717) is 0 Å². The second-order valence-electron chi connectivity index (χ2n) is 35.1. The van der Waals surface area contributed by atoms with Crippen molar-refractivity contribution in [1.29, 1.82) is 0 Å². The molecule has 0 amide bonds. The van der Waals surface area contributed by atoms with Crippen LogP contribution in [0.5, 0.6) is 0 Å². The molecule has 0 radical (unpaired) electrons. The lowest BCUT2D eigenvalue weighted by Gasteiger charge is -2.17. The quantitative estimate of drug-likeness (QED) is 0.0557. The van der Waals surface area contributed by atoms with Gasteiger partial charge in [0.05, 0.1) is 0 Å². The monoisotopic (exact) mass is 1480 g/mol. The minimum Gasteiger partial charge on any atom is -0.162 e. The third kappa shape index (κ3) is 98.7. The van der Waals surface area contributed by atoms with Gasteiger partial charge in [0, 0.05) is 5.25 Å². The lowest BCUT2D eigenvalue weighted by Crippen LogP contribution is -2.04. The molecule has 0 aliphatic heterocycles. The Bertz CT molecular complexity index is 1380. The van der Waals surface area contributed by atoms with Crippen LogP contribution in [-0.2, 0) is 0 Å². The number of hydrogen-bond acceptors (Lipinski definition) is 2. The van der Waals surface area contributed by atoms with Crippen molar-refractivity contribution in [2.45, 2.75) is 630 Å². The largest absolute Gasteiger partial charge is 0.162 e. The number of thioether (sulfide) groups is 2. The summed E-state index contributed by atoms with van der Waals surface area (Å²) in [6.07, 6.45) is 140. The maximum absolute atomic E-state index is 2.40. The van der Waals surface area contributed by atoms with Crippen molar-refractivity contribution in [3.05, 3.63) is 0 Å². The molecule has 0 aromatic carbocycles. The molecule has 0 aliphatic carbocycles. The first-order valence-electron chi connectivity index (χ1n) is 50.5. The van der Waals surface area contributed by atoms with Crippen LogP contribution >= 0.6 is 23.5 Å². The summed E-state index contributed by atoms with van der Waals surface area (Å²) >= 11 is 4.65. The Labute approximate surface area is 665 Å². The second kappa shape index (κ2) is 101. The summed E-state index contributed by atoms with van der Waals surface area (Å²) in [5, 5.41) is 0.941. The van der Waals surface area contributed by atoms with E-state index < -0.39 is 0 Å². The first-order chi connectivity index (χ1) is 51.3. The van der Waals surface area contributed by atoms with E-state index in [1.807, 2.05) is 0 Å². The van der Waals surface area contributed by atoms with Crippen molar-refractivity contribution in [1.82, 2.24) is 0 Å². The number of rotatable bonds is 99. The highest BCUT2D eigenvalue weighted by Crippen LogP contribution is 2.28. The van der Waals surface area contributed by atoms with Gasteiger partial charge in [0.15, 0.2) is 0 Å². The molecule has 0 aromatic rings. The Morgan fingerprint density at radius 3 is 0.359 bits per heavy atom. The van der Waals surface area contributed by atoms with Crippen molar-refractivity contribution >= 4 is 23.5 Å². The standard InChI is InChI=1S/C101H204S2/c1-4-7-10-13-16-19-22-25-28-31-34-37-38-41-44-47-51-56-61-66-71-76-81-86-91-96-101(103-100-95-90-85-80-75-70-65-60-55-49-35-32-29-26-23-20-17-14-11-8-5-2)97-92-87-82-77-72-67-62-57-52-48-45-42-39-40-43-46-50-54-59-64-69-74-79-84-89-94-99-102-98-93-88-83-78-73-68-63-58-53-36-33-30-27-24-21-18-15-12-9-6-3/h101H,4-100H2,1-3H3. The van der Waals surface area contributed by atoms with E-state index >= 15 is 0 Å². The average molecular weight is 1480 g/mol. The summed E-state index contributed by atoms with van der Waals surface area (Å²) in [7, 11) is 0. The van der Waals surface area contributed by atoms with Crippen molar-refractivity contribution in [3.63, 3.8) is 0 Å². The van der Waals surface area contributed by atoms with Crippen LogP contribution in [0.25, 0.3) is 0 Å². The summed E-state index contributed by atoms with van der Waals surface area (Å²) in [5.41, 5.74) is 0. The summed E-state index contributed by atoms with van der Waals surface area (Å²) in [6, 6.07) is 0. The van der Waals surface area contributed by atoms with Crippen molar-refractivity contribution < 1.29 is 0 Å². The van der Waals surface area contributed by atoms with E-state index in [0.717, 1.165) is 5.25 Å². The van der Waals surface area contributed by atoms with E-state index in [1.54, 1.807) is 0 Å². The lowest BCUT2D eigenvalue weighted by atomic mass is 10.0. The van der Waals surface area contributed by atoms with Gasteiger partial charge in [-0.15, -0.1) is 0 Å².